The molecular formula is C24H27N3OS. The number of thiophene rings is 1. The highest BCUT2D eigenvalue weighted by Gasteiger charge is 2.38. The lowest BCUT2D eigenvalue weighted by atomic mass is 9.79. The average molecular weight is 406 g/mol. The number of carbonyl (C=O) groups is 1. The highest BCUT2D eigenvalue weighted by molar-refractivity contribution is 7.09. The number of hydrogen-bond donors (Lipinski definition) is 1. The number of rotatable bonds is 5. The van der Waals surface area contributed by atoms with E-state index in [0.717, 1.165) is 32.6 Å². The first-order valence-electron chi connectivity index (χ1n) is 10.6. The van der Waals surface area contributed by atoms with Gasteiger partial charge in [-0.05, 0) is 54.5 Å². The highest BCUT2D eigenvalue weighted by Crippen LogP contribution is 2.42. The molecule has 2 aliphatic rings. The molecule has 4 nitrogen and oxygen atoms in total. The van der Waals surface area contributed by atoms with E-state index in [1.807, 2.05) is 4.90 Å². The number of hydrogen-bond acceptors (Lipinski definition) is 3. The fraction of sp³-hybridized carbons (Fsp3) is 0.375. The van der Waals surface area contributed by atoms with E-state index in [2.05, 4.69) is 71.7 Å². The van der Waals surface area contributed by atoms with Crippen molar-refractivity contribution in [1.82, 2.24) is 14.8 Å². The summed E-state index contributed by atoms with van der Waals surface area (Å²) in [5.74, 6) is 0.168. The van der Waals surface area contributed by atoms with Crippen LogP contribution in [0.5, 0.6) is 0 Å². The second-order valence-electron chi connectivity index (χ2n) is 8.01. The third-order valence-electron chi connectivity index (χ3n) is 6.45. The van der Waals surface area contributed by atoms with Crippen LogP contribution in [0.1, 0.15) is 29.9 Å². The second-order valence-corrected chi connectivity index (χ2v) is 9.04. The largest absolute Gasteiger partial charge is 0.361 e. The molecule has 1 aliphatic carbocycles. The van der Waals surface area contributed by atoms with Crippen molar-refractivity contribution in [3.8, 4) is 0 Å². The van der Waals surface area contributed by atoms with Gasteiger partial charge in [0.2, 0.25) is 5.91 Å². The number of fused-ring (bicyclic) bond motifs is 2. The lowest BCUT2D eigenvalue weighted by Crippen LogP contribution is -2.48. The summed E-state index contributed by atoms with van der Waals surface area (Å²) in [7, 11) is 0. The Bertz CT molecular complexity index is 1060. The number of aromatic amines is 1. The monoisotopic (exact) mass is 405 g/mol. The van der Waals surface area contributed by atoms with Crippen molar-refractivity contribution in [2.45, 2.75) is 32.9 Å². The molecule has 0 saturated heterocycles. The lowest BCUT2D eigenvalue weighted by molar-refractivity contribution is -0.134. The Morgan fingerprint density at radius 3 is 2.86 bits per heavy atom. The van der Waals surface area contributed by atoms with Gasteiger partial charge in [0.15, 0.2) is 0 Å². The molecule has 0 unspecified atom stereocenters. The Hall–Kier alpha value is -2.37. The van der Waals surface area contributed by atoms with Gasteiger partial charge in [-0.1, -0.05) is 24.3 Å². The molecule has 0 fully saturated rings. The molecule has 5 rings (SSSR count). The zero-order chi connectivity index (χ0) is 20.0. The topological polar surface area (TPSA) is 39.3 Å². The molecule has 1 N–H and O–H groups in total. The summed E-state index contributed by atoms with van der Waals surface area (Å²) < 4.78 is 0. The molecule has 1 aromatic carbocycles. The fourth-order valence-corrected chi connectivity index (χ4v) is 5.76. The lowest BCUT2D eigenvalue weighted by Gasteiger charge is -2.42. The molecule has 5 heteroatoms. The van der Waals surface area contributed by atoms with Crippen molar-refractivity contribution >= 4 is 33.7 Å². The average Bonchev–Trinajstić information content (AvgIpc) is 3.40. The van der Waals surface area contributed by atoms with Gasteiger partial charge < -0.3 is 9.88 Å². The van der Waals surface area contributed by atoms with Crippen molar-refractivity contribution in [3.05, 3.63) is 64.0 Å². The maximum atomic E-state index is 13.3. The van der Waals surface area contributed by atoms with Crippen LogP contribution in [-0.4, -0.2) is 46.4 Å². The minimum absolute atomic E-state index is 0.0862. The molecule has 0 spiro atoms. The van der Waals surface area contributed by atoms with E-state index in [0.29, 0.717) is 6.04 Å². The molecule has 3 heterocycles. The zero-order valence-corrected chi connectivity index (χ0v) is 17.8. The van der Waals surface area contributed by atoms with Crippen LogP contribution < -0.4 is 0 Å². The number of carbonyl (C=O) groups excluding carboxylic acids is 1. The standard InChI is InChI=1S/C24H27N3OS/c1-3-26(4-2)24(28)17-11-20-19-8-5-9-21-23(19)16(13-25-21)12-22(20)27(14-17)15-18-7-6-10-29-18/h5-11,13,17,22,25H,3-4,12,14-15H2,1-2H3/t17-,22-/m1/s1. The Morgan fingerprint density at radius 1 is 1.24 bits per heavy atom. The number of nitrogens with one attached hydrogen (secondary N) is 1. The van der Waals surface area contributed by atoms with Crippen molar-refractivity contribution in [2.24, 2.45) is 5.92 Å². The Kier molecular flexibility index (Phi) is 4.80. The van der Waals surface area contributed by atoms with Crippen LogP contribution in [0.15, 0.2) is 48.0 Å². The van der Waals surface area contributed by atoms with Gasteiger partial charge >= 0.3 is 0 Å². The van der Waals surface area contributed by atoms with E-state index >= 15 is 0 Å². The van der Waals surface area contributed by atoms with Crippen molar-refractivity contribution in [3.63, 3.8) is 0 Å². The van der Waals surface area contributed by atoms with E-state index in [1.165, 1.54) is 32.5 Å². The summed E-state index contributed by atoms with van der Waals surface area (Å²) in [6.07, 6.45) is 5.45. The summed E-state index contributed by atoms with van der Waals surface area (Å²) in [4.78, 5) is 22.6. The van der Waals surface area contributed by atoms with Gasteiger partial charge in [0.25, 0.3) is 0 Å². The molecule has 2 atom stereocenters. The quantitative estimate of drug-likeness (QED) is 0.677. The predicted octanol–water partition coefficient (Wildman–Crippen LogP) is 4.54. The summed E-state index contributed by atoms with van der Waals surface area (Å²) in [5.41, 5.74) is 5.21. The van der Waals surface area contributed by atoms with Crippen LogP contribution in [0.3, 0.4) is 0 Å². The summed E-state index contributed by atoms with van der Waals surface area (Å²) >= 11 is 1.80. The molecule has 0 bridgehead atoms. The SMILES string of the molecule is CCN(CC)C(=O)[C@@H]1C=C2c3cccc4[nH]cc(c34)C[C@H]2N(Cc2cccs2)C1. The normalized spacial score (nSPS) is 21.1. The minimum atomic E-state index is -0.0862. The van der Waals surface area contributed by atoms with Gasteiger partial charge in [-0.2, -0.15) is 0 Å². The number of aromatic nitrogens is 1. The molecule has 3 aromatic rings. The molecule has 150 valence electrons. The van der Waals surface area contributed by atoms with Crippen LogP contribution in [0.2, 0.25) is 0 Å². The Balaban J connectivity index is 1.59. The van der Waals surface area contributed by atoms with Gasteiger partial charge in [-0.3, -0.25) is 9.69 Å². The fourth-order valence-electron chi connectivity index (χ4n) is 5.03. The number of amides is 1. The first-order chi connectivity index (χ1) is 14.2. The first kappa shape index (κ1) is 18.6. The van der Waals surface area contributed by atoms with Crippen molar-refractivity contribution in [2.75, 3.05) is 19.6 Å². The maximum absolute atomic E-state index is 13.3. The number of benzene rings is 1. The predicted molar refractivity (Wildman–Crippen MR) is 120 cm³/mol. The Morgan fingerprint density at radius 2 is 2.10 bits per heavy atom. The Labute approximate surface area is 175 Å². The molecular weight excluding hydrogens is 378 g/mol. The van der Waals surface area contributed by atoms with Gasteiger partial charge in [-0.25, -0.2) is 0 Å². The van der Waals surface area contributed by atoms with E-state index in [1.54, 1.807) is 11.3 Å². The summed E-state index contributed by atoms with van der Waals surface area (Å²) in [6, 6.07) is 11.1. The van der Waals surface area contributed by atoms with Gasteiger partial charge in [-0.15, -0.1) is 11.3 Å². The summed E-state index contributed by atoms with van der Waals surface area (Å²) in [6.45, 7) is 7.35. The van der Waals surface area contributed by atoms with Crippen LogP contribution in [0.25, 0.3) is 16.5 Å². The highest BCUT2D eigenvalue weighted by atomic mass is 32.1. The number of H-pyrrole nitrogens is 1. The molecule has 0 radical (unpaired) electrons. The zero-order valence-electron chi connectivity index (χ0n) is 17.0. The van der Waals surface area contributed by atoms with Crippen molar-refractivity contribution in [1.29, 1.82) is 0 Å². The third kappa shape index (κ3) is 3.13. The third-order valence-corrected chi connectivity index (χ3v) is 7.32. The van der Waals surface area contributed by atoms with Crippen LogP contribution in [0, 0.1) is 5.92 Å². The van der Waals surface area contributed by atoms with Crippen LogP contribution in [0.4, 0.5) is 0 Å². The van der Waals surface area contributed by atoms with E-state index in [-0.39, 0.29) is 11.8 Å². The van der Waals surface area contributed by atoms with E-state index in [9.17, 15) is 4.79 Å². The van der Waals surface area contributed by atoms with Crippen LogP contribution >= 0.6 is 11.3 Å². The number of nitrogens with zero attached hydrogens (tertiary/aromatic N) is 2. The van der Waals surface area contributed by atoms with Gasteiger partial charge in [0, 0.05) is 54.2 Å². The molecule has 0 saturated carbocycles. The van der Waals surface area contributed by atoms with Gasteiger partial charge in [0.05, 0.1) is 5.92 Å². The first-order valence-corrected chi connectivity index (χ1v) is 11.4. The molecule has 1 aliphatic heterocycles. The summed E-state index contributed by atoms with van der Waals surface area (Å²) in [5, 5.41) is 3.47. The second kappa shape index (κ2) is 7.47. The smallest absolute Gasteiger partial charge is 0.230 e. The molecule has 2 aromatic heterocycles. The van der Waals surface area contributed by atoms with Crippen LogP contribution in [-0.2, 0) is 17.8 Å². The van der Waals surface area contributed by atoms with E-state index < -0.39 is 0 Å². The van der Waals surface area contributed by atoms with Crippen molar-refractivity contribution < 1.29 is 4.79 Å². The molecule has 1 amide bonds. The van der Waals surface area contributed by atoms with Gasteiger partial charge in [0.1, 0.15) is 0 Å². The molecule has 29 heavy (non-hydrogen) atoms. The minimum Gasteiger partial charge on any atom is -0.361 e. The van der Waals surface area contributed by atoms with E-state index in [4.69, 9.17) is 0 Å². The maximum Gasteiger partial charge on any atom is 0.230 e.